The third-order valence-corrected chi connectivity index (χ3v) is 4.01. The molecule has 0 fully saturated rings. The molecule has 1 aromatic rings. The number of benzene rings is 1. The van der Waals surface area contributed by atoms with Crippen molar-refractivity contribution in [2.45, 2.75) is 25.0 Å². The van der Waals surface area contributed by atoms with E-state index in [1.54, 1.807) is 18.9 Å². The highest BCUT2D eigenvalue weighted by Crippen LogP contribution is 2.20. The first-order valence-electron chi connectivity index (χ1n) is 5.99. The number of carbonyl (C=O) groups is 1. The van der Waals surface area contributed by atoms with E-state index in [9.17, 15) is 4.79 Å². The van der Waals surface area contributed by atoms with Crippen LogP contribution in [0.4, 0.5) is 0 Å². The van der Waals surface area contributed by atoms with Crippen molar-refractivity contribution in [1.29, 1.82) is 0 Å². The van der Waals surface area contributed by atoms with Crippen LogP contribution in [0.2, 0.25) is 0 Å². The number of ketones is 1. The van der Waals surface area contributed by atoms with E-state index in [1.807, 2.05) is 30.3 Å². The number of methoxy groups -OCH3 is 1. The highest BCUT2D eigenvalue weighted by atomic mass is 32.2. The lowest BCUT2D eigenvalue weighted by Crippen LogP contribution is -2.17. The molecule has 94 valence electrons. The maximum Gasteiger partial charge on any atom is 0.175 e. The molecular formula is C14H20O2S. The second kappa shape index (κ2) is 8.31. The summed E-state index contributed by atoms with van der Waals surface area (Å²) in [6.07, 6.45) is 1.88. The molecule has 3 heteroatoms. The number of ether oxygens (including phenoxy) is 1. The molecule has 1 unspecified atom stereocenters. The molecule has 0 heterocycles. The van der Waals surface area contributed by atoms with Crippen LogP contribution in [-0.2, 0) is 4.74 Å². The Morgan fingerprint density at radius 3 is 2.65 bits per heavy atom. The molecule has 0 aromatic heterocycles. The number of rotatable bonds is 8. The average molecular weight is 252 g/mol. The zero-order valence-electron chi connectivity index (χ0n) is 10.5. The lowest BCUT2D eigenvalue weighted by molar-refractivity contribution is 0.0988. The van der Waals surface area contributed by atoms with Crippen molar-refractivity contribution in [3.05, 3.63) is 35.9 Å². The van der Waals surface area contributed by atoms with Crippen LogP contribution < -0.4 is 0 Å². The van der Waals surface area contributed by atoms with Gasteiger partial charge in [-0.1, -0.05) is 37.3 Å². The van der Waals surface area contributed by atoms with Crippen LogP contribution in [0.1, 0.15) is 30.1 Å². The van der Waals surface area contributed by atoms with E-state index in [4.69, 9.17) is 4.74 Å². The van der Waals surface area contributed by atoms with Gasteiger partial charge in [0.05, 0.1) is 5.25 Å². The summed E-state index contributed by atoms with van der Waals surface area (Å²) in [7, 11) is 1.71. The molecule has 2 nitrogen and oxygen atoms in total. The summed E-state index contributed by atoms with van der Waals surface area (Å²) in [6, 6.07) is 9.54. The van der Waals surface area contributed by atoms with Gasteiger partial charge in [0.25, 0.3) is 0 Å². The fourth-order valence-corrected chi connectivity index (χ4v) is 2.69. The first-order chi connectivity index (χ1) is 8.29. The second-order valence-electron chi connectivity index (χ2n) is 3.84. The van der Waals surface area contributed by atoms with Gasteiger partial charge >= 0.3 is 0 Å². The zero-order chi connectivity index (χ0) is 12.5. The summed E-state index contributed by atoms with van der Waals surface area (Å²) >= 11 is 1.73. The summed E-state index contributed by atoms with van der Waals surface area (Å²) in [4.78, 5) is 12.2. The lowest BCUT2D eigenvalue weighted by atomic mass is 10.1. The Labute approximate surface area is 108 Å². The quantitative estimate of drug-likeness (QED) is 0.524. The molecule has 1 aromatic carbocycles. The smallest absolute Gasteiger partial charge is 0.175 e. The van der Waals surface area contributed by atoms with E-state index in [0.29, 0.717) is 0 Å². The summed E-state index contributed by atoms with van der Waals surface area (Å²) in [6.45, 7) is 2.83. The minimum Gasteiger partial charge on any atom is -0.385 e. The first kappa shape index (κ1) is 14.3. The van der Waals surface area contributed by atoms with Gasteiger partial charge in [-0.25, -0.2) is 0 Å². The summed E-state index contributed by atoms with van der Waals surface area (Å²) in [5.41, 5.74) is 0.818. The normalized spacial score (nSPS) is 12.4. The summed E-state index contributed by atoms with van der Waals surface area (Å²) in [5.74, 6) is 1.22. The van der Waals surface area contributed by atoms with Crippen LogP contribution in [-0.4, -0.2) is 30.5 Å². The fraction of sp³-hybridized carbons (Fsp3) is 0.500. The summed E-state index contributed by atoms with van der Waals surface area (Å²) < 4.78 is 5.00. The number of thioether (sulfide) groups is 1. The van der Waals surface area contributed by atoms with E-state index in [2.05, 4.69) is 6.92 Å². The maximum absolute atomic E-state index is 12.2. The largest absolute Gasteiger partial charge is 0.385 e. The highest BCUT2D eigenvalue weighted by molar-refractivity contribution is 8.00. The molecule has 1 atom stereocenters. The summed E-state index contributed by atoms with van der Waals surface area (Å²) in [5, 5.41) is 0.0780. The van der Waals surface area contributed by atoms with Gasteiger partial charge in [0.1, 0.15) is 0 Å². The van der Waals surface area contributed by atoms with Gasteiger partial charge in [-0.2, -0.15) is 11.8 Å². The predicted molar refractivity (Wildman–Crippen MR) is 73.8 cm³/mol. The Balaban J connectivity index is 2.47. The van der Waals surface area contributed by atoms with Crippen molar-refractivity contribution >= 4 is 17.5 Å². The lowest BCUT2D eigenvalue weighted by Gasteiger charge is -2.13. The molecule has 0 aliphatic heterocycles. The van der Waals surface area contributed by atoms with Gasteiger partial charge in [0.15, 0.2) is 5.78 Å². The standard InChI is InChI=1S/C14H20O2S/c1-3-13(17-11-7-10-16-2)14(15)12-8-5-4-6-9-12/h4-6,8-9,13H,3,7,10-11H2,1-2H3. The van der Waals surface area contributed by atoms with Crippen LogP contribution in [0.25, 0.3) is 0 Å². The molecule has 1 rings (SSSR count). The molecule has 0 amide bonds. The van der Waals surface area contributed by atoms with Crippen LogP contribution in [0.3, 0.4) is 0 Å². The Kier molecular flexibility index (Phi) is 6.97. The van der Waals surface area contributed by atoms with Crippen molar-refractivity contribution in [3.8, 4) is 0 Å². The molecule has 0 aliphatic rings. The van der Waals surface area contributed by atoms with E-state index in [0.717, 1.165) is 30.8 Å². The third kappa shape index (κ3) is 4.92. The van der Waals surface area contributed by atoms with E-state index in [1.165, 1.54) is 0 Å². The topological polar surface area (TPSA) is 26.3 Å². The van der Waals surface area contributed by atoms with Gasteiger partial charge in [-0.15, -0.1) is 0 Å². The molecule has 0 radical (unpaired) electrons. The first-order valence-corrected chi connectivity index (χ1v) is 7.04. The molecule has 0 N–H and O–H groups in total. The maximum atomic E-state index is 12.2. The van der Waals surface area contributed by atoms with Gasteiger partial charge in [-0.05, 0) is 18.6 Å². The van der Waals surface area contributed by atoms with Gasteiger partial charge < -0.3 is 4.74 Å². The van der Waals surface area contributed by atoms with Crippen molar-refractivity contribution in [1.82, 2.24) is 0 Å². The second-order valence-corrected chi connectivity index (χ2v) is 5.15. The van der Waals surface area contributed by atoms with Crippen molar-refractivity contribution in [2.75, 3.05) is 19.5 Å². The minimum absolute atomic E-state index is 0.0780. The SMILES string of the molecule is CCC(SCCCOC)C(=O)c1ccccc1. The van der Waals surface area contributed by atoms with Crippen LogP contribution in [0.5, 0.6) is 0 Å². The predicted octanol–water partition coefficient (Wildman–Crippen LogP) is 3.42. The van der Waals surface area contributed by atoms with E-state index in [-0.39, 0.29) is 11.0 Å². The number of carbonyl (C=O) groups excluding carboxylic acids is 1. The van der Waals surface area contributed by atoms with Crippen LogP contribution in [0, 0.1) is 0 Å². The Morgan fingerprint density at radius 1 is 1.35 bits per heavy atom. The molecule has 0 bridgehead atoms. The van der Waals surface area contributed by atoms with Crippen molar-refractivity contribution < 1.29 is 9.53 Å². The van der Waals surface area contributed by atoms with Crippen LogP contribution in [0.15, 0.2) is 30.3 Å². The van der Waals surface area contributed by atoms with Gasteiger partial charge in [0.2, 0.25) is 0 Å². The highest BCUT2D eigenvalue weighted by Gasteiger charge is 2.17. The molecular weight excluding hydrogens is 232 g/mol. The fourth-order valence-electron chi connectivity index (χ4n) is 1.60. The monoisotopic (exact) mass is 252 g/mol. The zero-order valence-corrected chi connectivity index (χ0v) is 11.3. The average Bonchev–Trinajstić information content (AvgIpc) is 2.39. The van der Waals surface area contributed by atoms with E-state index >= 15 is 0 Å². The molecule has 0 spiro atoms. The molecule has 0 aliphatic carbocycles. The van der Waals surface area contributed by atoms with E-state index < -0.39 is 0 Å². The molecule has 0 saturated heterocycles. The molecule has 0 saturated carbocycles. The number of Topliss-reactive ketones (excluding diaryl/α,β-unsaturated/α-hetero) is 1. The Bertz CT molecular complexity index is 324. The Morgan fingerprint density at radius 2 is 2.06 bits per heavy atom. The van der Waals surface area contributed by atoms with Gasteiger partial charge in [0, 0.05) is 19.3 Å². The van der Waals surface area contributed by atoms with Gasteiger partial charge in [-0.3, -0.25) is 4.79 Å². The minimum atomic E-state index is 0.0780. The number of hydrogen-bond acceptors (Lipinski definition) is 3. The Hall–Kier alpha value is -0.800. The third-order valence-electron chi connectivity index (χ3n) is 2.53. The van der Waals surface area contributed by atoms with Crippen molar-refractivity contribution in [3.63, 3.8) is 0 Å². The van der Waals surface area contributed by atoms with Crippen molar-refractivity contribution in [2.24, 2.45) is 0 Å². The van der Waals surface area contributed by atoms with Crippen LogP contribution >= 0.6 is 11.8 Å². The molecule has 17 heavy (non-hydrogen) atoms. The number of hydrogen-bond donors (Lipinski definition) is 0.